The first-order valence-electron chi connectivity index (χ1n) is 6.40. The highest BCUT2D eigenvalue weighted by atomic mass is 32.1. The van der Waals surface area contributed by atoms with Gasteiger partial charge in [-0.3, -0.25) is 4.79 Å². The van der Waals surface area contributed by atoms with Gasteiger partial charge in [0.2, 0.25) is 5.91 Å². The van der Waals surface area contributed by atoms with E-state index in [0.29, 0.717) is 30.5 Å². The van der Waals surface area contributed by atoms with Crippen LogP contribution in [0.2, 0.25) is 0 Å². The second kappa shape index (κ2) is 8.39. The fourth-order valence-corrected chi connectivity index (χ4v) is 1.70. The van der Waals surface area contributed by atoms with E-state index >= 15 is 0 Å². The minimum atomic E-state index is 0.134. The predicted molar refractivity (Wildman–Crippen MR) is 75.5 cm³/mol. The van der Waals surface area contributed by atoms with Gasteiger partial charge in [-0.25, -0.2) is 0 Å². The molecule has 0 atom stereocenters. The summed E-state index contributed by atoms with van der Waals surface area (Å²) >= 11 is 4.87. The number of ether oxygens (including phenoxy) is 1. The Morgan fingerprint density at radius 2 is 2.06 bits per heavy atom. The lowest BCUT2D eigenvalue weighted by Gasteiger charge is -2.21. The molecule has 1 amide bonds. The number of carbonyl (C=O) groups excluding carboxylic acids is 1. The number of hydrogen-bond acceptors (Lipinski definition) is 4. The van der Waals surface area contributed by atoms with E-state index in [9.17, 15) is 4.79 Å². The highest BCUT2D eigenvalue weighted by Crippen LogP contribution is 2.18. The third kappa shape index (κ3) is 7.58. The van der Waals surface area contributed by atoms with Crippen LogP contribution in [-0.2, 0) is 9.53 Å². The van der Waals surface area contributed by atoms with E-state index < -0.39 is 0 Å². The monoisotopic (exact) mass is 273 g/mol. The van der Waals surface area contributed by atoms with Gasteiger partial charge >= 0.3 is 0 Å². The summed E-state index contributed by atoms with van der Waals surface area (Å²) in [6.07, 6.45) is 3.46. The predicted octanol–water partition coefficient (Wildman–Crippen LogP) is 0.280. The smallest absolute Gasteiger partial charge is 0.221 e. The zero-order valence-corrected chi connectivity index (χ0v) is 11.8. The molecule has 0 bridgehead atoms. The summed E-state index contributed by atoms with van der Waals surface area (Å²) in [5, 5.41) is 2.98. The van der Waals surface area contributed by atoms with E-state index in [1.165, 1.54) is 0 Å². The molecule has 0 saturated heterocycles. The molecule has 104 valence electrons. The van der Waals surface area contributed by atoms with Crippen molar-refractivity contribution in [1.82, 2.24) is 10.2 Å². The molecule has 0 radical (unpaired) electrons. The van der Waals surface area contributed by atoms with Gasteiger partial charge in [-0.15, -0.1) is 0 Å². The molecule has 0 aliphatic heterocycles. The van der Waals surface area contributed by atoms with Crippen LogP contribution in [0.5, 0.6) is 0 Å². The first-order chi connectivity index (χ1) is 8.61. The number of nitrogens with one attached hydrogen (secondary N) is 1. The number of thiocarbonyl (C=S) groups is 1. The number of nitrogens with zero attached hydrogens (tertiary/aromatic N) is 1. The first-order valence-corrected chi connectivity index (χ1v) is 6.81. The summed E-state index contributed by atoms with van der Waals surface area (Å²) in [5.74, 6) is 0.134. The largest absolute Gasteiger partial charge is 0.393 e. The molecule has 1 saturated carbocycles. The normalized spacial score (nSPS) is 14.8. The molecule has 18 heavy (non-hydrogen) atoms. The molecule has 0 heterocycles. The van der Waals surface area contributed by atoms with E-state index in [1.807, 2.05) is 0 Å². The molecule has 6 heteroatoms. The second-order valence-electron chi connectivity index (χ2n) is 4.64. The van der Waals surface area contributed by atoms with E-state index in [-0.39, 0.29) is 5.91 Å². The minimum Gasteiger partial charge on any atom is -0.393 e. The minimum absolute atomic E-state index is 0.134. The van der Waals surface area contributed by atoms with E-state index in [1.54, 1.807) is 7.11 Å². The zero-order chi connectivity index (χ0) is 13.4. The van der Waals surface area contributed by atoms with Crippen molar-refractivity contribution in [3.63, 3.8) is 0 Å². The number of rotatable bonds is 10. The van der Waals surface area contributed by atoms with Gasteiger partial charge in [-0.1, -0.05) is 12.2 Å². The topological polar surface area (TPSA) is 67.6 Å². The fraction of sp³-hybridized carbons (Fsp3) is 0.833. The van der Waals surface area contributed by atoms with Crippen molar-refractivity contribution in [2.24, 2.45) is 5.73 Å². The van der Waals surface area contributed by atoms with Crippen molar-refractivity contribution in [1.29, 1.82) is 0 Å². The Bertz CT molecular complexity index is 282. The van der Waals surface area contributed by atoms with Gasteiger partial charge < -0.3 is 20.7 Å². The molecule has 0 aromatic rings. The van der Waals surface area contributed by atoms with Crippen LogP contribution in [0.4, 0.5) is 0 Å². The Balaban J connectivity index is 2.19. The summed E-state index contributed by atoms with van der Waals surface area (Å²) in [6.45, 7) is 2.97. The Morgan fingerprint density at radius 1 is 1.39 bits per heavy atom. The number of amides is 1. The zero-order valence-electron chi connectivity index (χ0n) is 11.0. The molecule has 1 fully saturated rings. The Hall–Kier alpha value is -0.720. The number of methoxy groups -OCH3 is 1. The molecular formula is C12H23N3O2S. The second-order valence-corrected chi connectivity index (χ2v) is 5.17. The van der Waals surface area contributed by atoms with Crippen LogP contribution in [0.15, 0.2) is 0 Å². The van der Waals surface area contributed by atoms with Crippen LogP contribution < -0.4 is 11.1 Å². The SMILES string of the molecule is COCCN(CCC(=O)NC1CC1)CCC(N)=S. The van der Waals surface area contributed by atoms with Crippen molar-refractivity contribution in [3.05, 3.63) is 0 Å². The quantitative estimate of drug-likeness (QED) is 0.560. The van der Waals surface area contributed by atoms with Gasteiger partial charge in [0.15, 0.2) is 0 Å². The van der Waals surface area contributed by atoms with Crippen molar-refractivity contribution >= 4 is 23.1 Å². The summed E-state index contributed by atoms with van der Waals surface area (Å²) in [4.78, 5) is 14.3. The van der Waals surface area contributed by atoms with Gasteiger partial charge in [0.25, 0.3) is 0 Å². The first kappa shape index (κ1) is 15.3. The summed E-state index contributed by atoms with van der Waals surface area (Å²) < 4.78 is 5.05. The molecular weight excluding hydrogens is 250 g/mol. The highest BCUT2D eigenvalue weighted by Gasteiger charge is 2.23. The van der Waals surface area contributed by atoms with Crippen LogP contribution in [0.1, 0.15) is 25.7 Å². The number of hydrogen-bond donors (Lipinski definition) is 2. The Kier molecular flexibility index (Phi) is 7.15. The van der Waals surface area contributed by atoms with Crippen molar-refractivity contribution in [2.45, 2.75) is 31.7 Å². The maximum absolute atomic E-state index is 11.6. The molecule has 0 unspecified atom stereocenters. The average molecular weight is 273 g/mol. The Morgan fingerprint density at radius 3 is 2.61 bits per heavy atom. The summed E-state index contributed by atoms with van der Waals surface area (Å²) in [5.41, 5.74) is 5.49. The molecule has 0 aromatic carbocycles. The standard InChI is InChI=1S/C12H23N3O2S/c1-17-9-8-15(6-4-11(13)18)7-5-12(16)14-10-2-3-10/h10H,2-9H2,1H3,(H2,13,18)(H,14,16). The van der Waals surface area contributed by atoms with Gasteiger partial charge in [-0.05, 0) is 12.8 Å². The molecule has 1 aliphatic rings. The maximum Gasteiger partial charge on any atom is 0.221 e. The van der Waals surface area contributed by atoms with Gasteiger partial charge in [0, 0.05) is 45.6 Å². The van der Waals surface area contributed by atoms with Crippen LogP contribution in [0.25, 0.3) is 0 Å². The lowest BCUT2D eigenvalue weighted by molar-refractivity contribution is -0.121. The van der Waals surface area contributed by atoms with Crippen molar-refractivity contribution in [3.8, 4) is 0 Å². The highest BCUT2D eigenvalue weighted by molar-refractivity contribution is 7.80. The maximum atomic E-state index is 11.6. The van der Waals surface area contributed by atoms with Gasteiger partial charge in [0.1, 0.15) is 0 Å². The lowest BCUT2D eigenvalue weighted by Crippen LogP contribution is -2.35. The van der Waals surface area contributed by atoms with E-state index in [0.717, 1.165) is 32.5 Å². The number of carbonyl (C=O) groups is 1. The molecule has 0 aromatic heterocycles. The van der Waals surface area contributed by atoms with E-state index in [2.05, 4.69) is 10.2 Å². The summed E-state index contributed by atoms with van der Waals surface area (Å²) in [7, 11) is 1.67. The van der Waals surface area contributed by atoms with Gasteiger partial charge in [-0.2, -0.15) is 0 Å². The molecule has 5 nitrogen and oxygen atoms in total. The van der Waals surface area contributed by atoms with E-state index in [4.69, 9.17) is 22.7 Å². The fourth-order valence-electron chi connectivity index (χ4n) is 1.61. The van der Waals surface area contributed by atoms with Crippen LogP contribution in [-0.4, -0.2) is 55.2 Å². The third-order valence-electron chi connectivity index (χ3n) is 2.88. The van der Waals surface area contributed by atoms with Crippen LogP contribution >= 0.6 is 12.2 Å². The molecule has 3 N–H and O–H groups in total. The lowest BCUT2D eigenvalue weighted by atomic mass is 10.3. The Labute approximate surface area is 114 Å². The third-order valence-corrected chi connectivity index (χ3v) is 3.09. The van der Waals surface area contributed by atoms with Crippen LogP contribution in [0, 0.1) is 0 Å². The average Bonchev–Trinajstić information content (AvgIpc) is 3.11. The number of nitrogens with two attached hydrogens (primary N) is 1. The summed E-state index contributed by atoms with van der Waals surface area (Å²) in [6, 6.07) is 0.432. The molecule has 1 aliphatic carbocycles. The van der Waals surface area contributed by atoms with Crippen molar-refractivity contribution < 1.29 is 9.53 Å². The van der Waals surface area contributed by atoms with Gasteiger partial charge in [0.05, 0.1) is 11.6 Å². The van der Waals surface area contributed by atoms with Crippen LogP contribution in [0.3, 0.4) is 0 Å². The molecule has 0 spiro atoms. The molecule has 1 rings (SSSR count). The van der Waals surface area contributed by atoms with Crippen molar-refractivity contribution in [2.75, 3.05) is 33.4 Å².